The zero-order chi connectivity index (χ0) is 15.6. The smallest absolute Gasteiger partial charge is 0.321 e. The zero-order valence-corrected chi connectivity index (χ0v) is 13.4. The van der Waals surface area contributed by atoms with E-state index in [9.17, 15) is 9.59 Å². The molecule has 22 heavy (non-hydrogen) atoms. The molecule has 2 aliphatic heterocycles. The van der Waals surface area contributed by atoms with Crippen molar-refractivity contribution < 1.29 is 19.1 Å². The summed E-state index contributed by atoms with van der Waals surface area (Å²) in [7, 11) is 1.37. The van der Waals surface area contributed by atoms with Gasteiger partial charge in [-0.05, 0) is 32.1 Å². The molecule has 0 aromatic heterocycles. The first-order valence-corrected chi connectivity index (χ1v) is 8.37. The van der Waals surface area contributed by atoms with Crippen LogP contribution in [0.2, 0.25) is 0 Å². The lowest BCUT2D eigenvalue weighted by molar-refractivity contribution is -0.158. The number of hydrogen-bond acceptors (Lipinski definition) is 5. The van der Waals surface area contributed by atoms with Crippen molar-refractivity contribution in [3.63, 3.8) is 0 Å². The van der Waals surface area contributed by atoms with Gasteiger partial charge >= 0.3 is 5.97 Å². The third-order valence-electron chi connectivity index (χ3n) is 5.20. The number of piperidine rings is 1. The Morgan fingerprint density at radius 3 is 2.55 bits per heavy atom. The largest absolute Gasteiger partial charge is 0.468 e. The molecule has 0 spiro atoms. The van der Waals surface area contributed by atoms with Crippen LogP contribution < -0.4 is 0 Å². The number of methoxy groups -OCH3 is 1. The molecule has 0 bridgehead atoms. The molecule has 3 rings (SSSR count). The van der Waals surface area contributed by atoms with E-state index in [0.29, 0.717) is 12.8 Å². The molecule has 0 radical (unpaired) electrons. The Hall–Kier alpha value is -1.14. The number of esters is 1. The standard InChI is InChI=1S/C16H26N2O4/c1-21-15(20)16(5-6-16)14(19)18-7-3-2-4-13(18)12-17-8-10-22-11-9-17/h13H,2-12H2,1H3/t13-/m0/s1. The summed E-state index contributed by atoms with van der Waals surface area (Å²) < 4.78 is 10.3. The van der Waals surface area contributed by atoms with Crippen molar-refractivity contribution in [2.24, 2.45) is 5.41 Å². The van der Waals surface area contributed by atoms with Crippen LogP contribution in [0.15, 0.2) is 0 Å². The molecule has 0 N–H and O–H groups in total. The molecule has 1 amide bonds. The molecule has 3 fully saturated rings. The minimum atomic E-state index is -0.866. The fourth-order valence-electron chi connectivity index (χ4n) is 3.64. The molecule has 1 saturated carbocycles. The first-order chi connectivity index (χ1) is 10.7. The summed E-state index contributed by atoms with van der Waals surface area (Å²) in [4.78, 5) is 29.2. The molecule has 0 unspecified atom stereocenters. The van der Waals surface area contributed by atoms with Gasteiger partial charge in [0.05, 0.1) is 20.3 Å². The Kier molecular flexibility index (Phi) is 4.68. The van der Waals surface area contributed by atoms with Crippen LogP contribution in [0.5, 0.6) is 0 Å². The van der Waals surface area contributed by atoms with Crippen molar-refractivity contribution in [3.8, 4) is 0 Å². The zero-order valence-electron chi connectivity index (χ0n) is 13.4. The van der Waals surface area contributed by atoms with Crippen LogP contribution in [0, 0.1) is 5.41 Å². The highest BCUT2D eigenvalue weighted by molar-refractivity contribution is 6.05. The Bertz CT molecular complexity index is 430. The van der Waals surface area contributed by atoms with Gasteiger partial charge in [-0.3, -0.25) is 14.5 Å². The van der Waals surface area contributed by atoms with Gasteiger partial charge < -0.3 is 14.4 Å². The van der Waals surface area contributed by atoms with E-state index in [4.69, 9.17) is 9.47 Å². The van der Waals surface area contributed by atoms with Crippen molar-refractivity contribution in [2.75, 3.05) is 46.5 Å². The maximum Gasteiger partial charge on any atom is 0.321 e. The summed E-state index contributed by atoms with van der Waals surface area (Å²) in [5.74, 6) is -0.356. The summed E-state index contributed by atoms with van der Waals surface area (Å²) in [6, 6.07) is 0.224. The van der Waals surface area contributed by atoms with Crippen molar-refractivity contribution in [1.82, 2.24) is 9.80 Å². The summed E-state index contributed by atoms with van der Waals surface area (Å²) in [5, 5.41) is 0. The van der Waals surface area contributed by atoms with E-state index >= 15 is 0 Å². The summed E-state index contributed by atoms with van der Waals surface area (Å²) in [6.45, 7) is 5.07. The summed E-state index contributed by atoms with van der Waals surface area (Å²) >= 11 is 0. The van der Waals surface area contributed by atoms with Crippen LogP contribution in [-0.2, 0) is 19.1 Å². The van der Waals surface area contributed by atoms with Crippen molar-refractivity contribution in [1.29, 1.82) is 0 Å². The maximum absolute atomic E-state index is 12.9. The SMILES string of the molecule is COC(=O)C1(C(=O)N2CCCC[C@H]2CN2CCOCC2)CC1. The van der Waals surface area contributed by atoms with Crippen LogP contribution in [0.1, 0.15) is 32.1 Å². The lowest BCUT2D eigenvalue weighted by atomic mass is 9.97. The number of amides is 1. The minimum Gasteiger partial charge on any atom is -0.468 e. The molecule has 3 aliphatic rings. The molecule has 0 aromatic carbocycles. The highest BCUT2D eigenvalue weighted by atomic mass is 16.5. The van der Waals surface area contributed by atoms with E-state index in [1.807, 2.05) is 4.90 Å². The predicted molar refractivity (Wildman–Crippen MR) is 80.3 cm³/mol. The number of carbonyl (C=O) groups is 2. The molecule has 2 saturated heterocycles. The van der Waals surface area contributed by atoms with Gasteiger partial charge in [0, 0.05) is 32.2 Å². The summed E-state index contributed by atoms with van der Waals surface area (Å²) in [5.41, 5.74) is -0.866. The van der Waals surface area contributed by atoms with E-state index < -0.39 is 5.41 Å². The highest BCUT2D eigenvalue weighted by Gasteiger charge is 2.60. The van der Waals surface area contributed by atoms with E-state index in [1.165, 1.54) is 7.11 Å². The third-order valence-corrected chi connectivity index (χ3v) is 5.20. The Labute approximate surface area is 131 Å². The second kappa shape index (κ2) is 6.54. The Morgan fingerprint density at radius 1 is 1.18 bits per heavy atom. The van der Waals surface area contributed by atoms with Gasteiger partial charge in [0.1, 0.15) is 5.41 Å². The van der Waals surface area contributed by atoms with Crippen LogP contribution in [-0.4, -0.2) is 74.2 Å². The number of nitrogens with zero attached hydrogens (tertiary/aromatic N) is 2. The highest BCUT2D eigenvalue weighted by Crippen LogP contribution is 2.49. The monoisotopic (exact) mass is 310 g/mol. The number of morpholine rings is 1. The number of rotatable bonds is 4. The molecule has 124 valence electrons. The quantitative estimate of drug-likeness (QED) is 0.564. The van der Waals surface area contributed by atoms with E-state index in [2.05, 4.69) is 4.90 Å². The predicted octanol–water partition coefficient (Wildman–Crippen LogP) is 0.653. The van der Waals surface area contributed by atoms with E-state index in [-0.39, 0.29) is 17.9 Å². The third kappa shape index (κ3) is 2.99. The van der Waals surface area contributed by atoms with E-state index in [0.717, 1.165) is 58.7 Å². The molecule has 1 atom stereocenters. The molecular formula is C16H26N2O4. The lowest BCUT2D eigenvalue weighted by Crippen LogP contribution is -2.54. The lowest BCUT2D eigenvalue weighted by Gasteiger charge is -2.40. The van der Waals surface area contributed by atoms with Gasteiger partial charge in [-0.2, -0.15) is 0 Å². The second-order valence-corrected chi connectivity index (χ2v) is 6.63. The van der Waals surface area contributed by atoms with Crippen LogP contribution in [0.4, 0.5) is 0 Å². The molecule has 1 aliphatic carbocycles. The maximum atomic E-state index is 12.9. The topological polar surface area (TPSA) is 59.1 Å². The number of carbonyl (C=O) groups excluding carboxylic acids is 2. The van der Waals surface area contributed by atoms with Crippen LogP contribution >= 0.6 is 0 Å². The molecule has 0 aromatic rings. The minimum absolute atomic E-state index is 0.00249. The van der Waals surface area contributed by atoms with Crippen LogP contribution in [0.3, 0.4) is 0 Å². The Morgan fingerprint density at radius 2 is 1.91 bits per heavy atom. The van der Waals surface area contributed by atoms with Gasteiger partial charge in [-0.15, -0.1) is 0 Å². The number of hydrogen-bond donors (Lipinski definition) is 0. The molecular weight excluding hydrogens is 284 g/mol. The Balaban J connectivity index is 1.67. The van der Waals surface area contributed by atoms with Gasteiger partial charge in [-0.25, -0.2) is 0 Å². The molecule has 6 heteroatoms. The second-order valence-electron chi connectivity index (χ2n) is 6.63. The number of ether oxygens (including phenoxy) is 2. The first-order valence-electron chi connectivity index (χ1n) is 8.37. The van der Waals surface area contributed by atoms with Crippen molar-refractivity contribution in [2.45, 2.75) is 38.1 Å². The van der Waals surface area contributed by atoms with E-state index in [1.54, 1.807) is 0 Å². The summed E-state index contributed by atoms with van der Waals surface area (Å²) in [6.07, 6.45) is 4.49. The normalized spacial score (nSPS) is 28.2. The van der Waals surface area contributed by atoms with Gasteiger partial charge in [0.25, 0.3) is 0 Å². The molecule has 2 heterocycles. The average Bonchev–Trinajstić information content (AvgIpc) is 3.37. The van der Waals surface area contributed by atoms with Gasteiger partial charge in [-0.1, -0.05) is 0 Å². The van der Waals surface area contributed by atoms with Gasteiger partial charge in [0.2, 0.25) is 5.91 Å². The number of likely N-dealkylation sites (tertiary alicyclic amines) is 1. The first kappa shape index (κ1) is 15.7. The van der Waals surface area contributed by atoms with Gasteiger partial charge in [0.15, 0.2) is 0 Å². The van der Waals surface area contributed by atoms with Crippen LogP contribution in [0.25, 0.3) is 0 Å². The fraction of sp³-hybridized carbons (Fsp3) is 0.875. The molecule has 6 nitrogen and oxygen atoms in total. The fourth-order valence-corrected chi connectivity index (χ4v) is 3.64. The van der Waals surface area contributed by atoms with Crippen molar-refractivity contribution >= 4 is 11.9 Å². The average molecular weight is 310 g/mol. The van der Waals surface area contributed by atoms with Crippen molar-refractivity contribution in [3.05, 3.63) is 0 Å².